The second-order valence-electron chi connectivity index (χ2n) is 6.73. The number of rotatable bonds is 5. The van der Waals surface area contributed by atoms with Crippen LogP contribution in [0.5, 0.6) is 0 Å². The molecule has 30 heavy (non-hydrogen) atoms. The Hall–Kier alpha value is -3.59. The van der Waals surface area contributed by atoms with Crippen molar-refractivity contribution in [2.45, 2.75) is 6.92 Å². The minimum Gasteiger partial charge on any atom is -0.363 e. The Morgan fingerprint density at radius 3 is 2.50 bits per heavy atom. The minimum absolute atomic E-state index is 0.127. The average molecular weight is 425 g/mol. The van der Waals surface area contributed by atoms with Gasteiger partial charge in [-0.2, -0.15) is 0 Å². The van der Waals surface area contributed by atoms with E-state index in [9.17, 15) is 14.0 Å². The van der Waals surface area contributed by atoms with Crippen LogP contribution in [-0.4, -0.2) is 41.6 Å². The number of aromatic nitrogens is 1. The van der Waals surface area contributed by atoms with Crippen LogP contribution in [0, 0.1) is 18.2 Å². The topological polar surface area (TPSA) is 98.2 Å². The van der Waals surface area contributed by atoms with Gasteiger partial charge >= 0.3 is 0 Å². The lowest BCUT2D eigenvalue weighted by Gasteiger charge is -2.14. The van der Waals surface area contributed by atoms with E-state index in [0.717, 1.165) is 23.0 Å². The molecule has 1 aromatic carbocycles. The third-order valence-electron chi connectivity index (χ3n) is 4.21. The number of carbonyl (C=O) groups excluding carboxylic acids is 2. The summed E-state index contributed by atoms with van der Waals surface area (Å²) in [6.07, 6.45) is 1.63. The van der Waals surface area contributed by atoms with Crippen molar-refractivity contribution in [3.63, 3.8) is 0 Å². The molecule has 0 aliphatic heterocycles. The molecule has 3 N–H and O–H groups in total. The van der Waals surface area contributed by atoms with Crippen molar-refractivity contribution >= 4 is 40.5 Å². The van der Waals surface area contributed by atoms with E-state index in [4.69, 9.17) is 5.41 Å². The SMILES string of the molecule is Cc1ccc(NC(=O)c2sccc2NC(=O)c2ccc(C(=N)N(C)C)cc2F)nc1. The molecule has 0 radical (unpaired) electrons. The first-order valence-corrected chi connectivity index (χ1v) is 9.83. The van der Waals surface area contributed by atoms with Crippen LogP contribution in [0.3, 0.4) is 0 Å². The Morgan fingerprint density at radius 1 is 1.10 bits per heavy atom. The number of nitrogens with zero attached hydrogens (tertiary/aromatic N) is 2. The normalized spacial score (nSPS) is 10.4. The Labute approximate surface area is 177 Å². The predicted molar refractivity (Wildman–Crippen MR) is 116 cm³/mol. The monoisotopic (exact) mass is 425 g/mol. The third kappa shape index (κ3) is 4.69. The van der Waals surface area contributed by atoms with Crippen molar-refractivity contribution in [3.8, 4) is 0 Å². The molecule has 0 saturated carbocycles. The molecule has 0 aliphatic rings. The van der Waals surface area contributed by atoms with Gasteiger partial charge in [-0.25, -0.2) is 9.37 Å². The highest BCUT2D eigenvalue weighted by molar-refractivity contribution is 7.12. The van der Waals surface area contributed by atoms with E-state index in [1.54, 1.807) is 37.8 Å². The first kappa shape index (κ1) is 21.1. The van der Waals surface area contributed by atoms with Crippen LogP contribution in [0.15, 0.2) is 48.0 Å². The van der Waals surface area contributed by atoms with Crippen LogP contribution in [0.4, 0.5) is 15.9 Å². The number of amidine groups is 1. The molecule has 0 aliphatic carbocycles. The number of hydrogen-bond donors (Lipinski definition) is 3. The summed E-state index contributed by atoms with van der Waals surface area (Å²) >= 11 is 1.15. The molecule has 7 nitrogen and oxygen atoms in total. The van der Waals surface area contributed by atoms with Crippen molar-refractivity contribution in [1.29, 1.82) is 5.41 Å². The summed E-state index contributed by atoms with van der Waals surface area (Å²) in [6.45, 7) is 1.89. The summed E-state index contributed by atoms with van der Waals surface area (Å²) in [5.41, 5.74) is 1.42. The second-order valence-corrected chi connectivity index (χ2v) is 7.65. The molecular weight excluding hydrogens is 405 g/mol. The quantitative estimate of drug-likeness (QED) is 0.425. The lowest BCUT2D eigenvalue weighted by atomic mass is 10.1. The Morgan fingerprint density at radius 2 is 1.87 bits per heavy atom. The summed E-state index contributed by atoms with van der Waals surface area (Å²) in [6, 6.07) is 9.05. The van der Waals surface area contributed by atoms with Gasteiger partial charge in [-0.05, 0) is 42.1 Å². The van der Waals surface area contributed by atoms with Gasteiger partial charge in [0.2, 0.25) is 0 Å². The number of amides is 2. The van der Waals surface area contributed by atoms with Crippen molar-refractivity contribution in [2.24, 2.45) is 0 Å². The smallest absolute Gasteiger partial charge is 0.269 e. The van der Waals surface area contributed by atoms with E-state index in [2.05, 4.69) is 15.6 Å². The molecule has 0 atom stereocenters. The lowest BCUT2D eigenvalue weighted by molar-refractivity contribution is 0.102. The second kappa shape index (κ2) is 8.83. The van der Waals surface area contributed by atoms with E-state index in [0.29, 0.717) is 11.4 Å². The molecule has 2 amide bonds. The van der Waals surface area contributed by atoms with Gasteiger partial charge in [0.05, 0.1) is 11.3 Å². The van der Waals surface area contributed by atoms with Crippen molar-refractivity contribution < 1.29 is 14.0 Å². The number of benzene rings is 1. The van der Waals surface area contributed by atoms with Crippen LogP contribution >= 0.6 is 11.3 Å². The number of thiophene rings is 1. The van der Waals surface area contributed by atoms with Gasteiger partial charge in [-0.3, -0.25) is 15.0 Å². The highest BCUT2D eigenvalue weighted by Gasteiger charge is 2.19. The predicted octanol–water partition coefficient (Wildman–Crippen LogP) is 3.98. The maximum atomic E-state index is 14.5. The Kier molecular flexibility index (Phi) is 6.22. The molecule has 0 fully saturated rings. The maximum absolute atomic E-state index is 14.5. The van der Waals surface area contributed by atoms with Crippen LogP contribution in [0.2, 0.25) is 0 Å². The number of carbonyl (C=O) groups is 2. The number of anilines is 2. The summed E-state index contributed by atoms with van der Waals surface area (Å²) in [5.74, 6) is -1.34. The number of hydrogen-bond acceptors (Lipinski definition) is 5. The zero-order valence-electron chi connectivity index (χ0n) is 16.6. The van der Waals surface area contributed by atoms with Crippen LogP contribution in [-0.2, 0) is 0 Å². The molecular formula is C21H20FN5O2S. The first-order chi connectivity index (χ1) is 14.3. The van der Waals surface area contributed by atoms with Gasteiger partial charge < -0.3 is 15.5 Å². The van der Waals surface area contributed by atoms with Crippen LogP contribution in [0.25, 0.3) is 0 Å². The number of pyridine rings is 1. The van der Waals surface area contributed by atoms with E-state index in [-0.39, 0.29) is 22.0 Å². The molecule has 154 valence electrons. The fraction of sp³-hybridized carbons (Fsp3) is 0.143. The number of halogens is 1. The maximum Gasteiger partial charge on any atom is 0.269 e. The minimum atomic E-state index is -0.748. The zero-order chi connectivity index (χ0) is 21.8. The molecule has 9 heteroatoms. The standard InChI is InChI=1S/C21H20FN5O2S/c1-12-4-7-17(24-11-12)26-21(29)18-16(8-9-30-18)25-20(28)14-6-5-13(10-15(14)22)19(23)27(2)3/h4-11,23H,1-3H3,(H,25,28)(H,24,26,29). The molecule has 0 unspecified atom stereocenters. The highest BCUT2D eigenvalue weighted by Crippen LogP contribution is 2.24. The fourth-order valence-corrected chi connectivity index (χ4v) is 3.34. The lowest BCUT2D eigenvalue weighted by Crippen LogP contribution is -2.22. The molecule has 3 aromatic rings. The largest absolute Gasteiger partial charge is 0.363 e. The van der Waals surface area contributed by atoms with Crippen molar-refractivity contribution in [2.75, 3.05) is 24.7 Å². The van der Waals surface area contributed by atoms with E-state index in [1.807, 2.05) is 13.0 Å². The summed E-state index contributed by atoms with van der Waals surface area (Å²) < 4.78 is 14.5. The van der Waals surface area contributed by atoms with Gasteiger partial charge in [0.15, 0.2) is 0 Å². The molecule has 2 aromatic heterocycles. The fourth-order valence-electron chi connectivity index (χ4n) is 2.59. The van der Waals surface area contributed by atoms with E-state index >= 15 is 0 Å². The van der Waals surface area contributed by atoms with Crippen molar-refractivity contribution in [1.82, 2.24) is 9.88 Å². The molecule has 3 rings (SSSR count). The first-order valence-electron chi connectivity index (χ1n) is 8.95. The van der Waals surface area contributed by atoms with Crippen molar-refractivity contribution in [3.05, 3.63) is 75.4 Å². The molecule has 2 heterocycles. The Bertz CT molecular complexity index is 1110. The van der Waals surface area contributed by atoms with E-state index in [1.165, 1.54) is 17.0 Å². The van der Waals surface area contributed by atoms with E-state index < -0.39 is 17.6 Å². The van der Waals surface area contributed by atoms with Gasteiger partial charge in [0, 0.05) is 25.9 Å². The summed E-state index contributed by atoms with van der Waals surface area (Å²) in [7, 11) is 3.35. The number of nitrogens with one attached hydrogen (secondary N) is 3. The molecule has 0 bridgehead atoms. The van der Waals surface area contributed by atoms with Gasteiger partial charge in [-0.15, -0.1) is 11.3 Å². The summed E-state index contributed by atoms with van der Waals surface area (Å²) in [4.78, 5) is 31.1. The molecule has 0 saturated heterocycles. The average Bonchev–Trinajstić information content (AvgIpc) is 3.17. The highest BCUT2D eigenvalue weighted by atomic mass is 32.1. The van der Waals surface area contributed by atoms with Gasteiger partial charge in [0.25, 0.3) is 11.8 Å². The third-order valence-corrected chi connectivity index (χ3v) is 5.12. The van der Waals surface area contributed by atoms with Crippen LogP contribution < -0.4 is 10.6 Å². The summed E-state index contributed by atoms with van der Waals surface area (Å²) in [5, 5.41) is 14.8. The zero-order valence-corrected chi connectivity index (χ0v) is 17.4. The Balaban J connectivity index is 1.75. The van der Waals surface area contributed by atoms with Crippen LogP contribution in [0.1, 0.15) is 31.2 Å². The number of aryl methyl sites for hydroxylation is 1. The van der Waals surface area contributed by atoms with Gasteiger partial charge in [-0.1, -0.05) is 12.1 Å². The molecule has 0 spiro atoms. The van der Waals surface area contributed by atoms with Gasteiger partial charge in [0.1, 0.15) is 22.3 Å².